The van der Waals surface area contributed by atoms with Gasteiger partial charge in [-0.3, -0.25) is 9.59 Å². The lowest BCUT2D eigenvalue weighted by atomic mass is 9.93. The second-order valence-electron chi connectivity index (χ2n) is 7.30. The van der Waals surface area contributed by atoms with Crippen LogP contribution >= 0.6 is 43.5 Å². The molecule has 1 saturated heterocycles. The van der Waals surface area contributed by atoms with Crippen molar-refractivity contribution in [1.29, 1.82) is 0 Å². The maximum atomic E-state index is 13.4. The number of carbonyl (C=O) groups is 1. The third-order valence-corrected chi connectivity index (χ3v) is 6.98. The van der Waals surface area contributed by atoms with Crippen LogP contribution in [0.2, 0.25) is 0 Å². The number of aromatic nitrogens is 3. The zero-order chi connectivity index (χ0) is 21.3. The largest absolute Gasteiger partial charge is 0.358 e. The molecule has 5 rings (SSSR count). The molecule has 0 spiro atoms. The first-order valence-electron chi connectivity index (χ1n) is 9.22. The predicted octanol–water partition coefficient (Wildman–Crippen LogP) is 4.85. The standard InChI is InChI=1S/C21H15Br2ClN4O2/c1-9-16(12-5-3-4-6-15(12)25-9)19-17(24)21(30)28(19)27-10(2)26-18-13(20(27)29)7-11(22)8-14(18)23/h3-8,17,19,25H,1-2H3. The van der Waals surface area contributed by atoms with E-state index in [0.29, 0.717) is 21.2 Å². The smallest absolute Gasteiger partial charge is 0.280 e. The fourth-order valence-corrected chi connectivity index (χ4v) is 5.82. The van der Waals surface area contributed by atoms with Crippen molar-refractivity contribution in [1.82, 2.24) is 14.6 Å². The van der Waals surface area contributed by atoms with Crippen molar-refractivity contribution >= 4 is 71.2 Å². The van der Waals surface area contributed by atoms with Crippen LogP contribution in [0.15, 0.2) is 50.1 Å². The van der Waals surface area contributed by atoms with Crippen molar-refractivity contribution < 1.29 is 4.79 Å². The Bertz CT molecular complexity index is 1430. The van der Waals surface area contributed by atoms with Gasteiger partial charge in [0.2, 0.25) is 0 Å². The lowest BCUT2D eigenvalue weighted by molar-refractivity contribution is -0.126. The molecule has 3 heterocycles. The number of benzene rings is 2. The summed E-state index contributed by atoms with van der Waals surface area (Å²) in [6, 6.07) is 10.9. The van der Waals surface area contributed by atoms with Crippen molar-refractivity contribution in [2.75, 3.05) is 5.01 Å². The quantitative estimate of drug-likeness (QED) is 0.287. The van der Waals surface area contributed by atoms with Gasteiger partial charge in [-0.25, -0.2) is 9.99 Å². The van der Waals surface area contributed by atoms with E-state index in [1.165, 1.54) is 9.69 Å². The van der Waals surface area contributed by atoms with E-state index < -0.39 is 11.4 Å². The maximum Gasteiger partial charge on any atom is 0.280 e. The van der Waals surface area contributed by atoms with Crippen molar-refractivity contribution in [2.45, 2.75) is 25.3 Å². The van der Waals surface area contributed by atoms with Crippen molar-refractivity contribution in [2.24, 2.45) is 0 Å². The van der Waals surface area contributed by atoms with Crippen molar-refractivity contribution in [3.63, 3.8) is 0 Å². The van der Waals surface area contributed by atoms with Crippen LogP contribution in [-0.4, -0.2) is 25.9 Å². The minimum Gasteiger partial charge on any atom is -0.358 e. The van der Waals surface area contributed by atoms with Crippen LogP contribution in [0.5, 0.6) is 0 Å². The fraction of sp³-hybridized carbons (Fsp3) is 0.190. The average molecular weight is 551 g/mol. The molecule has 1 aliphatic heterocycles. The molecular formula is C21H15Br2ClN4O2. The van der Waals surface area contributed by atoms with E-state index in [-0.39, 0.29) is 11.5 Å². The highest BCUT2D eigenvalue weighted by Gasteiger charge is 2.51. The number of alkyl halides is 1. The van der Waals surface area contributed by atoms with Crippen LogP contribution in [0, 0.1) is 13.8 Å². The first-order valence-corrected chi connectivity index (χ1v) is 11.2. The van der Waals surface area contributed by atoms with Gasteiger partial charge in [0.1, 0.15) is 17.2 Å². The Morgan fingerprint density at radius 1 is 1.10 bits per heavy atom. The van der Waals surface area contributed by atoms with Gasteiger partial charge in [-0.15, -0.1) is 11.6 Å². The number of nitrogens with zero attached hydrogens (tertiary/aromatic N) is 3. The molecule has 4 aromatic rings. The maximum absolute atomic E-state index is 13.4. The number of hydrogen-bond acceptors (Lipinski definition) is 3. The lowest BCUT2D eigenvalue weighted by Crippen LogP contribution is -2.64. The molecule has 2 atom stereocenters. The number of hydrogen-bond donors (Lipinski definition) is 1. The Kier molecular flexibility index (Phi) is 4.57. The van der Waals surface area contributed by atoms with Crippen molar-refractivity contribution in [3.8, 4) is 0 Å². The molecule has 1 amide bonds. The summed E-state index contributed by atoms with van der Waals surface area (Å²) in [6.45, 7) is 3.66. The Balaban J connectivity index is 1.75. The lowest BCUT2D eigenvalue weighted by Gasteiger charge is -2.45. The first kappa shape index (κ1) is 19.8. The number of aromatic amines is 1. The van der Waals surface area contributed by atoms with Gasteiger partial charge >= 0.3 is 0 Å². The molecule has 1 fully saturated rings. The highest BCUT2D eigenvalue weighted by Crippen LogP contribution is 2.42. The Morgan fingerprint density at radius 3 is 2.60 bits per heavy atom. The van der Waals surface area contributed by atoms with E-state index in [4.69, 9.17) is 11.6 Å². The minimum atomic E-state index is -0.765. The van der Waals surface area contributed by atoms with Crippen LogP contribution in [0.25, 0.3) is 21.8 Å². The summed E-state index contributed by atoms with van der Waals surface area (Å²) in [5.41, 5.74) is 3.01. The van der Waals surface area contributed by atoms with E-state index in [1.54, 1.807) is 13.0 Å². The number of aryl methyl sites for hydroxylation is 2. The molecule has 2 unspecified atom stereocenters. The highest BCUT2D eigenvalue weighted by atomic mass is 79.9. The van der Waals surface area contributed by atoms with Gasteiger partial charge in [-0.2, -0.15) is 4.68 Å². The number of carbonyl (C=O) groups excluding carboxylic acids is 1. The molecule has 2 aromatic heterocycles. The van der Waals surface area contributed by atoms with E-state index in [9.17, 15) is 9.59 Å². The monoisotopic (exact) mass is 548 g/mol. The summed E-state index contributed by atoms with van der Waals surface area (Å²) in [7, 11) is 0. The molecule has 6 nitrogen and oxygen atoms in total. The zero-order valence-electron chi connectivity index (χ0n) is 15.9. The second-order valence-corrected chi connectivity index (χ2v) is 9.54. The normalized spacial score (nSPS) is 19.0. The summed E-state index contributed by atoms with van der Waals surface area (Å²) in [5.74, 6) is 0.0849. The third-order valence-electron chi connectivity index (χ3n) is 5.49. The number of halogens is 3. The summed E-state index contributed by atoms with van der Waals surface area (Å²) >= 11 is 13.4. The molecule has 2 aromatic carbocycles. The molecule has 1 aliphatic rings. The van der Waals surface area contributed by atoms with Gasteiger partial charge < -0.3 is 4.98 Å². The third kappa shape index (κ3) is 2.70. The van der Waals surface area contributed by atoms with Gasteiger partial charge in [0, 0.05) is 31.1 Å². The van der Waals surface area contributed by atoms with E-state index in [2.05, 4.69) is 41.8 Å². The fourth-order valence-electron chi connectivity index (χ4n) is 4.18. The molecule has 152 valence electrons. The number of β-lactam (4-membered cyclic amide) rings is 1. The van der Waals surface area contributed by atoms with Gasteiger partial charge in [0.05, 0.1) is 10.9 Å². The van der Waals surface area contributed by atoms with Crippen LogP contribution < -0.4 is 10.6 Å². The van der Waals surface area contributed by atoms with E-state index >= 15 is 0 Å². The van der Waals surface area contributed by atoms with Gasteiger partial charge in [-0.1, -0.05) is 34.1 Å². The number of para-hydroxylation sites is 1. The van der Waals surface area contributed by atoms with Crippen LogP contribution in [0.4, 0.5) is 0 Å². The molecule has 0 bridgehead atoms. The van der Waals surface area contributed by atoms with Crippen LogP contribution in [0.3, 0.4) is 0 Å². The van der Waals surface area contributed by atoms with Crippen molar-refractivity contribution in [3.05, 3.63) is 72.8 Å². The summed E-state index contributed by atoms with van der Waals surface area (Å²) < 4.78 is 2.78. The Hall–Kier alpha value is -2.16. The Morgan fingerprint density at radius 2 is 1.83 bits per heavy atom. The molecular weight excluding hydrogens is 536 g/mol. The first-order chi connectivity index (χ1) is 14.3. The predicted molar refractivity (Wildman–Crippen MR) is 125 cm³/mol. The van der Waals surface area contributed by atoms with Crippen LogP contribution in [-0.2, 0) is 4.79 Å². The molecule has 0 radical (unpaired) electrons. The number of amides is 1. The zero-order valence-corrected chi connectivity index (χ0v) is 19.8. The minimum absolute atomic E-state index is 0.320. The highest BCUT2D eigenvalue weighted by molar-refractivity contribution is 9.11. The topological polar surface area (TPSA) is 71.0 Å². The molecule has 9 heteroatoms. The molecule has 0 aliphatic carbocycles. The number of rotatable bonds is 2. The average Bonchev–Trinajstić information content (AvgIpc) is 3.03. The Labute approximate surface area is 193 Å². The summed E-state index contributed by atoms with van der Waals surface area (Å²) in [4.78, 5) is 34.2. The molecule has 30 heavy (non-hydrogen) atoms. The SMILES string of the molecule is Cc1[nH]c2ccccc2c1C1C(Cl)C(=O)N1n1c(C)nc2c(Br)cc(Br)cc2c1=O. The molecule has 0 saturated carbocycles. The number of H-pyrrole nitrogens is 1. The van der Waals surface area contributed by atoms with Gasteiger partial charge in [0.15, 0.2) is 0 Å². The van der Waals surface area contributed by atoms with Crippen LogP contribution in [0.1, 0.15) is 23.1 Å². The number of fused-ring (bicyclic) bond motifs is 2. The summed E-state index contributed by atoms with van der Waals surface area (Å²) in [5, 5.41) is 2.05. The van der Waals surface area contributed by atoms with E-state index in [0.717, 1.165) is 26.6 Å². The van der Waals surface area contributed by atoms with Gasteiger partial charge in [0.25, 0.3) is 11.5 Å². The number of nitrogens with one attached hydrogen (secondary N) is 1. The summed E-state index contributed by atoms with van der Waals surface area (Å²) in [6.07, 6.45) is 0. The second kappa shape index (κ2) is 6.93. The van der Waals surface area contributed by atoms with E-state index in [1.807, 2.05) is 37.3 Å². The molecule has 1 N–H and O–H groups in total. The van der Waals surface area contributed by atoms with Gasteiger partial charge in [-0.05, 0) is 48.0 Å².